The first-order valence-electron chi connectivity index (χ1n) is 7.26. The van der Waals surface area contributed by atoms with E-state index in [1.54, 1.807) is 20.8 Å². The highest BCUT2D eigenvalue weighted by Crippen LogP contribution is 2.14. The summed E-state index contributed by atoms with van der Waals surface area (Å²) in [7, 11) is 1.30. The van der Waals surface area contributed by atoms with Gasteiger partial charge in [-0.25, -0.2) is 9.59 Å². The number of alkyl carbamates (subject to hydrolysis) is 1. The van der Waals surface area contributed by atoms with Crippen molar-refractivity contribution in [3.8, 4) is 0 Å². The van der Waals surface area contributed by atoms with Gasteiger partial charge in [0.15, 0.2) is 0 Å². The second kappa shape index (κ2) is 7.29. The van der Waals surface area contributed by atoms with Crippen molar-refractivity contribution >= 4 is 12.1 Å². The first-order chi connectivity index (χ1) is 10.1. The molecule has 0 heterocycles. The predicted octanol–water partition coefficient (Wildman–Crippen LogP) is 2.91. The number of rotatable bonds is 4. The maximum atomic E-state index is 11.9. The Kier molecular flexibility index (Phi) is 5.97. The lowest BCUT2D eigenvalue weighted by molar-refractivity contribution is -0.143. The molecule has 22 heavy (non-hydrogen) atoms. The third-order valence-electron chi connectivity index (χ3n) is 3.11. The van der Waals surface area contributed by atoms with Crippen LogP contribution >= 0.6 is 0 Å². The second-order valence-corrected chi connectivity index (χ2v) is 6.36. The predicted molar refractivity (Wildman–Crippen MR) is 84.8 cm³/mol. The van der Waals surface area contributed by atoms with E-state index in [1.807, 2.05) is 32.0 Å². The van der Waals surface area contributed by atoms with Crippen molar-refractivity contribution < 1.29 is 19.1 Å². The molecule has 1 N–H and O–H groups in total. The number of benzene rings is 1. The van der Waals surface area contributed by atoms with Crippen LogP contribution in [0.4, 0.5) is 4.79 Å². The van der Waals surface area contributed by atoms with E-state index in [0.717, 1.165) is 16.7 Å². The third-order valence-corrected chi connectivity index (χ3v) is 3.11. The largest absolute Gasteiger partial charge is 0.467 e. The Balaban J connectivity index is 2.87. The zero-order valence-corrected chi connectivity index (χ0v) is 14.1. The third kappa shape index (κ3) is 5.76. The summed E-state index contributed by atoms with van der Waals surface area (Å²) in [6, 6.07) is 5.22. The van der Waals surface area contributed by atoms with Crippen LogP contribution in [0.25, 0.3) is 0 Å². The summed E-state index contributed by atoms with van der Waals surface area (Å²) in [5.41, 5.74) is 2.53. The van der Waals surface area contributed by atoms with Crippen molar-refractivity contribution in [3.63, 3.8) is 0 Å². The molecule has 1 aromatic carbocycles. The van der Waals surface area contributed by atoms with Gasteiger partial charge in [0.05, 0.1) is 7.11 Å². The van der Waals surface area contributed by atoms with Gasteiger partial charge in [-0.2, -0.15) is 0 Å². The molecule has 0 saturated carbocycles. The van der Waals surface area contributed by atoms with Crippen molar-refractivity contribution in [2.75, 3.05) is 7.11 Å². The van der Waals surface area contributed by atoms with Crippen LogP contribution in [0.3, 0.4) is 0 Å². The highest BCUT2D eigenvalue weighted by molar-refractivity contribution is 5.81. The Labute approximate surface area is 132 Å². The summed E-state index contributed by atoms with van der Waals surface area (Å²) in [4.78, 5) is 23.8. The second-order valence-electron chi connectivity index (χ2n) is 6.36. The minimum absolute atomic E-state index is 0.361. The molecule has 1 rings (SSSR count). The molecule has 0 radical (unpaired) electrons. The monoisotopic (exact) mass is 307 g/mol. The maximum absolute atomic E-state index is 11.9. The van der Waals surface area contributed by atoms with E-state index in [-0.39, 0.29) is 0 Å². The zero-order chi connectivity index (χ0) is 16.9. The van der Waals surface area contributed by atoms with Gasteiger partial charge in [0.25, 0.3) is 0 Å². The lowest BCUT2D eigenvalue weighted by Crippen LogP contribution is -2.45. The van der Waals surface area contributed by atoms with E-state index in [1.165, 1.54) is 7.11 Å². The van der Waals surface area contributed by atoms with Crippen LogP contribution in [0.1, 0.15) is 37.5 Å². The van der Waals surface area contributed by atoms with Crippen molar-refractivity contribution in [2.24, 2.45) is 0 Å². The summed E-state index contributed by atoms with van der Waals surface area (Å²) >= 11 is 0. The fourth-order valence-corrected chi connectivity index (χ4v) is 2.03. The average molecular weight is 307 g/mol. The van der Waals surface area contributed by atoms with Gasteiger partial charge >= 0.3 is 12.1 Å². The number of esters is 1. The number of nitrogens with one attached hydrogen (secondary N) is 1. The minimum Gasteiger partial charge on any atom is -0.467 e. The molecule has 0 bridgehead atoms. The molecule has 1 atom stereocenters. The highest BCUT2D eigenvalue weighted by Gasteiger charge is 2.25. The van der Waals surface area contributed by atoms with Crippen molar-refractivity contribution in [2.45, 2.75) is 52.7 Å². The maximum Gasteiger partial charge on any atom is 0.408 e. The quantitative estimate of drug-likeness (QED) is 0.869. The zero-order valence-electron chi connectivity index (χ0n) is 14.1. The standard InChI is InChI=1S/C17H25NO4/c1-11-7-8-12(2)13(9-11)10-14(15(19)21-6)18-16(20)22-17(3,4)5/h7-9,14H,10H2,1-6H3,(H,18,20). The molecule has 0 aromatic heterocycles. The Morgan fingerprint density at radius 2 is 1.86 bits per heavy atom. The van der Waals surface area contributed by atoms with Crippen LogP contribution in [0.2, 0.25) is 0 Å². The summed E-state index contributed by atoms with van der Waals surface area (Å²) in [6.07, 6.45) is -0.271. The summed E-state index contributed by atoms with van der Waals surface area (Å²) in [5.74, 6) is -0.494. The number of carbonyl (C=O) groups is 2. The topological polar surface area (TPSA) is 64.6 Å². The van der Waals surface area contributed by atoms with Crippen LogP contribution < -0.4 is 5.32 Å². The number of methoxy groups -OCH3 is 1. The Morgan fingerprint density at radius 3 is 2.41 bits per heavy atom. The van der Waals surface area contributed by atoms with E-state index in [9.17, 15) is 9.59 Å². The van der Waals surface area contributed by atoms with Gasteiger partial charge in [-0.15, -0.1) is 0 Å². The van der Waals surface area contributed by atoms with Gasteiger partial charge in [0.2, 0.25) is 0 Å². The fourth-order valence-electron chi connectivity index (χ4n) is 2.03. The van der Waals surface area contributed by atoms with Crippen molar-refractivity contribution in [1.29, 1.82) is 0 Å². The molecule has 0 aliphatic carbocycles. The average Bonchev–Trinajstić information content (AvgIpc) is 2.39. The Hall–Kier alpha value is -2.04. The number of hydrogen-bond acceptors (Lipinski definition) is 4. The Bertz CT molecular complexity index is 546. The molecule has 0 aliphatic heterocycles. The molecule has 0 saturated heterocycles. The fraction of sp³-hybridized carbons (Fsp3) is 0.529. The van der Waals surface area contributed by atoms with Crippen LogP contribution in [0.15, 0.2) is 18.2 Å². The first-order valence-corrected chi connectivity index (χ1v) is 7.26. The minimum atomic E-state index is -0.777. The molecule has 122 valence electrons. The molecule has 1 amide bonds. The van der Waals surface area contributed by atoms with Crippen LogP contribution in [0, 0.1) is 13.8 Å². The van der Waals surface area contributed by atoms with Crippen molar-refractivity contribution in [3.05, 3.63) is 34.9 Å². The number of aryl methyl sites for hydroxylation is 2. The molecule has 5 nitrogen and oxygen atoms in total. The molecule has 1 aromatic rings. The molecule has 0 aliphatic rings. The van der Waals surface area contributed by atoms with Gasteiger partial charge in [0.1, 0.15) is 11.6 Å². The summed E-state index contributed by atoms with van der Waals surface area (Å²) in [5, 5.41) is 2.58. The van der Waals surface area contributed by atoms with Crippen molar-refractivity contribution in [1.82, 2.24) is 5.32 Å². The summed E-state index contributed by atoms with van der Waals surface area (Å²) in [6.45, 7) is 9.26. The van der Waals surface area contributed by atoms with E-state index >= 15 is 0 Å². The number of amides is 1. The van der Waals surface area contributed by atoms with Crippen LogP contribution in [0.5, 0.6) is 0 Å². The van der Waals surface area contributed by atoms with Crippen LogP contribution in [-0.2, 0) is 20.7 Å². The van der Waals surface area contributed by atoms with E-state index in [4.69, 9.17) is 9.47 Å². The van der Waals surface area contributed by atoms with Crippen LogP contribution in [-0.4, -0.2) is 30.8 Å². The smallest absolute Gasteiger partial charge is 0.408 e. The molecule has 5 heteroatoms. The van der Waals surface area contributed by atoms with Gasteiger partial charge < -0.3 is 14.8 Å². The lowest BCUT2D eigenvalue weighted by atomic mass is 9.99. The highest BCUT2D eigenvalue weighted by atomic mass is 16.6. The molecule has 1 unspecified atom stereocenters. The first kappa shape index (κ1) is 18.0. The van der Waals surface area contributed by atoms with E-state index < -0.39 is 23.7 Å². The SMILES string of the molecule is COC(=O)C(Cc1cc(C)ccc1C)NC(=O)OC(C)(C)C. The van der Waals surface area contributed by atoms with E-state index in [2.05, 4.69) is 5.32 Å². The van der Waals surface area contributed by atoms with Gasteiger partial charge in [-0.05, 0) is 45.7 Å². The number of carbonyl (C=O) groups excluding carboxylic acids is 2. The normalized spacial score (nSPS) is 12.5. The molecule has 0 fully saturated rings. The Morgan fingerprint density at radius 1 is 1.23 bits per heavy atom. The lowest BCUT2D eigenvalue weighted by Gasteiger charge is -2.23. The van der Waals surface area contributed by atoms with Gasteiger partial charge in [-0.1, -0.05) is 23.8 Å². The molecule has 0 spiro atoms. The number of hydrogen-bond donors (Lipinski definition) is 1. The molecular formula is C17H25NO4. The summed E-state index contributed by atoms with van der Waals surface area (Å²) < 4.78 is 9.97. The van der Waals surface area contributed by atoms with E-state index in [0.29, 0.717) is 6.42 Å². The van der Waals surface area contributed by atoms with Gasteiger partial charge in [0, 0.05) is 6.42 Å². The van der Waals surface area contributed by atoms with Gasteiger partial charge in [-0.3, -0.25) is 0 Å². The number of ether oxygens (including phenoxy) is 2. The molecular weight excluding hydrogens is 282 g/mol.